The van der Waals surface area contributed by atoms with Gasteiger partial charge in [0.2, 0.25) is 11.1 Å². The Bertz CT molecular complexity index is 698. The molecule has 25 heavy (non-hydrogen) atoms. The van der Waals surface area contributed by atoms with Crippen LogP contribution in [-0.4, -0.2) is 56.5 Å². The Morgan fingerprint density at radius 1 is 1.20 bits per heavy atom. The third-order valence-corrected chi connectivity index (χ3v) is 5.02. The largest absolute Gasteiger partial charge is 0.492 e. The quantitative estimate of drug-likeness (QED) is 0.736. The van der Waals surface area contributed by atoms with Gasteiger partial charge in [-0.15, -0.1) is 5.10 Å². The monoisotopic (exact) mass is 361 g/mol. The predicted molar refractivity (Wildman–Crippen MR) is 96.1 cm³/mol. The number of rotatable bonds is 6. The molecule has 0 bridgehead atoms. The van der Waals surface area contributed by atoms with Crippen LogP contribution in [0.1, 0.15) is 32.6 Å². The molecule has 1 aliphatic rings. The Hall–Kier alpha value is -2.09. The number of para-hydroxylation sites is 2. The van der Waals surface area contributed by atoms with Gasteiger partial charge in [0.1, 0.15) is 11.4 Å². The van der Waals surface area contributed by atoms with Crippen LogP contribution in [-0.2, 0) is 4.79 Å². The molecule has 0 radical (unpaired) electrons. The normalized spacial score (nSPS) is 15.0. The molecule has 0 atom stereocenters. The first-order valence-electron chi connectivity index (χ1n) is 8.70. The maximum Gasteiger partial charge on any atom is 0.233 e. The van der Waals surface area contributed by atoms with Crippen LogP contribution < -0.4 is 4.74 Å². The SMILES string of the molecule is CCOc1ccccc1-n1nnnc1SCC(=O)N1CCCCCC1. The van der Waals surface area contributed by atoms with E-state index >= 15 is 0 Å². The van der Waals surface area contributed by atoms with E-state index in [9.17, 15) is 4.79 Å². The number of benzene rings is 1. The van der Waals surface area contributed by atoms with E-state index in [1.165, 1.54) is 24.6 Å². The van der Waals surface area contributed by atoms with E-state index in [0.29, 0.717) is 17.5 Å². The fraction of sp³-hybridized carbons (Fsp3) is 0.529. The van der Waals surface area contributed by atoms with Crippen LogP contribution in [0.25, 0.3) is 5.69 Å². The average Bonchev–Trinajstić information content (AvgIpc) is 2.92. The highest BCUT2D eigenvalue weighted by Gasteiger charge is 2.18. The van der Waals surface area contributed by atoms with Crippen LogP contribution in [0, 0.1) is 0 Å². The summed E-state index contributed by atoms with van der Waals surface area (Å²) in [7, 11) is 0. The predicted octanol–water partition coefficient (Wildman–Crippen LogP) is 2.56. The minimum absolute atomic E-state index is 0.152. The summed E-state index contributed by atoms with van der Waals surface area (Å²) in [6, 6.07) is 7.62. The first-order chi connectivity index (χ1) is 12.3. The van der Waals surface area contributed by atoms with Crippen molar-refractivity contribution in [3.05, 3.63) is 24.3 Å². The average molecular weight is 361 g/mol. The number of hydrogen-bond donors (Lipinski definition) is 0. The summed E-state index contributed by atoms with van der Waals surface area (Å²) in [5.41, 5.74) is 0.777. The molecule has 134 valence electrons. The number of nitrogens with zero attached hydrogens (tertiary/aromatic N) is 5. The van der Waals surface area contributed by atoms with Gasteiger partial charge in [-0.3, -0.25) is 4.79 Å². The summed E-state index contributed by atoms with van der Waals surface area (Å²) in [6.07, 6.45) is 4.61. The van der Waals surface area contributed by atoms with Crippen LogP contribution in [0.5, 0.6) is 5.75 Å². The van der Waals surface area contributed by atoms with Crippen molar-refractivity contribution in [2.24, 2.45) is 0 Å². The number of aromatic nitrogens is 4. The van der Waals surface area contributed by atoms with E-state index in [0.717, 1.165) is 37.4 Å². The minimum atomic E-state index is 0.152. The molecule has 1 amide bonds. The molecule has 3 rings (SSSR count). The highest BCUT2D eigenvalue weighted by Crippen LogP contribution is 2.26. The Kier molecular flexibility index (Phi) is 6.27. The Morgan fingerprint density at radius 3 is 2.72 bits per heavy atom. The molecule has 7 nitrogen and oxygen atoms in total. The van der Waals surface area contributed by atoms with Crippen molar-refractivity contribution in [2.45, 2.75) is 37.8 Å². The fourth-order valence-corrected chi connectivity index (χ4v) is 3.65. The van der Waals surface area contributed by atoms with E-state index in [1.807, 2.05) is 36.1 Å². The molecule has 1 aromatic heterocycles. The third kappa shape index (κ3) is 4.50. The van der Waals surface area contributed by atoms with Crippen molar-refractivity contribution in [2.75, 3.05) is 25.4 Å². The van der Waals surface area contributed by atoms with Crippen molar-refractivity contribution in [1.29, 1.82) is 0 Å². The number of thioether (sulfide) groups is 1. The van der Waals surface area contributed by atoms with Gasteiger partial charge < -0.3 is 9.64 Å². The lowest BCUT2D eigenvalue weighted by molar-refractivity contribution is -0.128. The zero-order valence-electron chi connectivity index (χ0n) is 14.4. The summed E-state index contributed by atoms with van der Waals surface area (Å²) in [6.45, 7) is 4.22. The zero-order valence-corrected chi connectivity index (χ0v) is 15.2. The molecule has 0 aliphatic carbocycles. The van der Waals surface area contributed by atoms with Crippen LogP contribution in [0.4, 0.5) is 0 Å². The first-order valence-corrected chi connectivity index (χ1v) is 9.69. The molecule has 1 saturated heterocycles. The Morgan fingerprint density at radius 2 is 1.96 bits per heavy atom. The topological polar surface area (TPSA) is 73.1 Å². The number of hydrogen-bond acceptors (Lipinski definition) is 6. The van der Waals surface area contributed by atoms with E-state index in [1.54, 1.807) is 4.68 Å². The van der Waals surface area contributed by atoms with Gasteiger partial charge in [-0.1, -0.05) is 36.7 Å². The van der Waals surface area contributed by atoms with Gasteiger partial charge in [-0.05, 0) is 42.3 Å². The van der Waals surface area contributed by atoms with Crippen molar-refractivity contribution >= 4 is 17.7 Å². The molecule has 0 unspecified atom stereocenters. The molecular formula is C17H23N5O2S. The number of amides is 1. The molecule has 0 saturated carbocycles. The van der Waals surface area contributed by atoms with Crippen molar-refractivity contribution in [3.8, 4) is 11.4 Å². The maximum absolute atomic E-state index is 12.5. The van der Waals surface area contributed by atoms with Crippen molar-refractivity contribution in [3.63, 3.8) is 0 Å². The molecular weight excluding hydrogens is 338 g/mol. The molecule has 2 aromatic rings. The van der Waals surface area contributed by atoms with Crippen molar-refractivity contribution in [1.82, 2.24) is 25.1 Å². The van der Waals surface area contributed by atoms with E-state index in [2.05, 4.69) is 15.5 Å². The molecule has 8 heteroatoms. The van der Waals surface area contributed by atoms with Gasteiger partial charge in [0, 0.05) is 13.1 Å². The molecule has 1 aliphatic heterocycles. The third-order valence-electron chi connectivity index (χ3n) is 4.12. The number of ether oxygens (including phenoxy) is 1. The molecule has 0 spiro atoms. The second kappa shape index (κ2) is 8.84. The summed E-state index contributed by atoms with van der Waals surface area (Å²) >= 11 is 1.36. The molecule has 1 fully saturated rings. The Labute approximate surface area is 151 Å². The van der Waals surface area contributed by atoms with E-state index in [4.69, 9.17) is 4.74 Å². The lowest BCUT2D eigenvalue weighted by Crippen LogP contribution is -2.33. The fourth-order valence-electron chi connectivity index (χ4n) is 2.87. The van der Waals surface area contributed by atoms with Gasteiger partial charge in [-0.25, -0.2) is 0 Å². The minimum Gasteiger partial charge on any atom is -0.492 e. The zero-order chi connectivity index (χ0) is 17.5. The van der Waals surface area contributed by atoms with Crippen LogP contribution in [0.3, 0.4) is 0 Å². The van der Waals surface area contributed by atoms with Crippen LogP contribution >= 0.6 is 11.8 Å². The number of tetrazole rings is 1. The maximum atomic E-state index is 12.5. The second-order valence-electron chi connectivity index (χ2n) is 5.86. The van der Waals surface area contributed by atoms with Gasteiger partial charge in [-0.2, -0.15) is 4.68 Å². The molecule has 2 heterocycles. The van der Waals surface area contributed by atoms with Crippen LogP contribution in [0.15, 0.2) is 29.4 Å². The van der Waals surface area contributed by atoms with Crippen LogP contribution in [0.2, 0.25) is 0 Å². The molecule has 0 N–H and O–H groups in total. The van der Waals surface area contributed by atoms with Crippen molar-refractivity contribution < 1.29 is 9.53 Å². The highest BCUT2D eigenvalue weighted by atomic mass is 32.2. The smallest absolute Gasteiger partial charge is 0.233 e. The number of carbonyl (C=O) groups is 1. The summed E-state index contributed by atoms with van der Waals surface area (Å²) in [4.78, 5) is 14.4. The van der Waals surface area contributed by atoms with Gasteiger partial charge in [0.15, 0.2) is 0 Å². The lowest BCUT2D eigenvalue weighted by Gasteiger charge is -2.19. The number of likely N-dealkylation sites (tertiary alicyclic amines) is 1. The number of carbonyl (C=O) groups excluding carboxylic acids is 1. The van der Waals surface area contributed by atoms with Gasteiger partial charge in [0.25, 0.3) is 0 Å². The second-order valence-corrected chi connectivity index (χ2v) is 6.80. The van der Waals surface area contributed by atoms with E-state index < -0.39 is 0 Å². The molecule has 1 aromatic carbocycles. The standard InChI is InChI=1S/C17H23N5O2S/c1-2-24-15-10-6-5-9-14(15)22-17(18-19-20-22)25-13-16(23)21-11-7-3-4-8-12-21/h5-6,9-10H,2-4,7-8,11-13H2,1H3. The first kappa shape index (κ1) is 17.7. The lowest BCUT2D eigenvalue weighted by atomic mass is 10.2. The summed E-state index contributed by atoms with van der Waals surface area (Å²) < 4.78 is 7.28. The van der Waals surface area contributed by atoms with Gasteiger partial charge >= 0.3 is 0 Å². The summed E-state index contributed by atoms with van der Waals surface area (Å²) in [5, 5.41) is 12.5. The Balaban J connectivity index is 1.69. The summed E-state index contributed by atoms with van der Waals surface area (Å²) in [5.74, 6) is 1.22. The van der Waals surface area contributed by atoms with Gasteiger partial charge in [0.05, 0.1) is 12.4 Å². The van der Waals surface area contributed by atoms with E-state index in [-0.39, 0.29) is 5.91 Å². The highest BCUT2D eigenvalue weighted by molar-refractivity contribution is 7.99.